The molecule has 3 atom stereocenters. The van der Waals surface area contributed by atoms with Crippen molar-refractivity contribution in [3.05, 3.63) is 0 Å². The summed E-state index contributed by atoms with van der Waals surface area (Å²) < 4.78 is 21.3. The van der Waals surface area contributed by atoms with Gasteiger partial charge < -0.3 is 24.3 Å². The number of hydrogen-bond donors (Lipinski definition) is 1. The minimum Gasteiger partial charge on any atom is -0.479 e. The molecular weight excluding hydrogens is 442 g/mol. The van der Waals surface area contributed by atoms with Gasteiger partial charge in [-0.25, -0.2) is 0 Å². The van der Waals surface area contributed by atoms with E-state index in [9.17, 15) is 14.4 Å². The van der Waals surface area contributed by atoms with E-state index in [4.69, 9.17) is 18.9 Å². The molecule has 1 aliphatic carbocycles. The standard InChI is InChI=1S/C24H37N3O7/c1-31-23(29)18-6-2-3-7-19(18)24(30)34-16-11-25-20(28)8-4-5-17(22-27-13-15-33-22)9-10-21-26-12-14-32-21/h17-19H,2-16H2,1H3,(H,25,28). The minimum atomic E-state index is -0.463. The molecule has 1 fully saturated rings. The van der Waals surface area contributed by atoms with Crippen LogP contribution in [0, 0.1) is 17.8 Å². The number of carbonyl (C=O) groups excluding carboxylic acids is 3. The van der Waals surface area contributed by atoms with Crippen molar-refractivity contribution in [1.82, 2.24) is 5.32 Å². The van der Waals surface area contributed by atoms with E-state index in [1.807, 2.05) is 0 Å². The number of nitrogens with zero attached hydrogens (tertiary/aromatic N) is 2. The fraction of sp³-hybridized carbons (Fsp3) is 0.792. The van der Waals surface area contributed by atoms with Gasteiger partial charge in [-0.1, -0.05) is 12.8 Å². The summed E-state index contributed by atoms with van der Waals surface area (Å²) in [5, 5.41) is 2.80. The van der Waals surface area contributed by atoms with Gasteiger partial charge in [-0.2, -0.15) is 0 Å². The van der Waals surface area contributed by atoms with Crippen LogP contribution in [0.15, 0.2) is 9.98 Å². The van der Waals surface area contributed by atoms with Gasteiger partial charge in [-0.15, -0.1) is 0 Å². The molecule has 1 N–H and O–H groups in total. The molecule has 3 rings (SSSR count). The van der Waals surface area contributed by atoms with Crippen molar-refractivity contribution in [2.45, 2.75) is 57.8 Å². The van der Waals surface area contributed by atoms with Crippen LogP contribution in [-0.2, 0) is 33.3 Å². The maximum Gasteiger partial charge on any atom is 0.309 e. The Labute approximate surface area is 200 Å². The Balaban J connectivity index is 1.31. The molecule has 34 heavy (non-hydrogen) atoms. The number of rotatable bonds is 13. The fourth-order valence-electron chi connectivity index (χ4n) is 4.71. The van der Waals surface area contributed by atoms with Gasteiger partial charge in [0.15, 0.2) is 11.8 Å². The van der Waals surface area contributed by atoms with Gasteiger partial charge in [-0.05, 0) is 32.1 Å². The molecule has 0 aromatic rings. The molecule has 10 nitrogen and oxygen atoms in total. The number of aliphatic imine (C=N–C) groups is 2. The highest BCUT2D eigenvalue weighted by Crippen LogP contribution is 2.31. The van der Waals surface area contributed by atoms with Gasteiger partial charge in [-0.3, -0.25) is 24.4 Å². The van der Waals surface area contributed by atoms with Crippen molar-refractivity contribution >= 4 is 29.6 Å². The van der Waals surface area contributed by atoms with E-state index in [1.165, 1.54) is 7.11 Å². The van der Waals surface area contributed by atoms with Crippen LogP contribution in [0.5, 0.6) is 0 Å². The molecule has 2 aliphatic heterocycles. The summed E-state index contributed by atoms with van der Waals surface area (Å²) >= 11 is 0. The first-order chi connectivity index (χ1) is 16.6. The lowest BCUT2D eigenvalue weighted by Gasteiger charge is -2.27. The number of amides is 1. The lowest BCUT2D eigenvalue weighted by atomic mass is 9.79. The largest absolute Gasteiger partial charge is 0.479 e. The fourth-order valence-corrected chi connectivity index (χ4v) is 4.71. The maximum atomic E-state index is 12.4. The van der Waals surface area contributed by atoms with Crippen molar-refractivity contribution in [3.8, 4) is 0 Å². The first-order valence-corrected chi connectivity index (χ1v) is 12.4. The highest BCUT2D eigenvalue weighted by Gasteiger charge is 2.37. The molecule has 1 saturated carbocycles. The number of methoxy groups -OCH3 is 1. The van der Waals surface area contributed by atoms with Crippen LogP contribution in [0.2, 0.25) is 0 Å². The van der Waals surface area contributed by atoms with Crippen LogP contribution in [0.1, 0.15) is 57.8 Å². The molecule has 0 radical (unpaired) electrons. The summed E-state index contributed by atoms with van der Waals surface area (Å²) in [6.07, 6.45) is 6.53. The third kappa shape index (κ3) is 7.99. The van der Waals surface area contributed by atoms with Crippen LogP contribution in [0.3, 0.4) is 0 Å². The summed E-state index contributed by atoms with van der Waals surface area (Å²) in [5.74, 6) is -0.00366. The lowest BCUT2D eigenvalue weighted by molar-refractivity contribution is -0.161. The normalized spacial score (nSPS) is 22.6. The van der Waals surface area contributed by atoms with Crippen molar-refractivity contribution < 1.29 is 33.3 Å². The van der Waals surface area contributed by atoms with Gasteiger partial charge in [0.05, 0.1) is 38.6 Å². The van der Waals surface area contributed by atoms with Crippen LogP contribution < -0.4 is 5.32 Å². The molecule has 0 aromatic carbocycles. The number of esters is 2. The van der Waals surface area contributed by atoms with E-state index in [0.29, 0.717) is 45.4 Å². The topological polar surface area (TPSA) is 125 Å². The van der Waals surface area contributed by atoms with Gasteiger partial charge >= 0.3 is 11.9 Å². The molecule has 3 aliphatic rings. The number of nitrogens with one attached hydrogen (secondary N) is 1. The maximum absolute atomic E-state index is 12.4. The average Bonchev–Trinajstić information content (AvgIpc) is 3.58. The van der Waals surface area contributed by atoms with E-state index >= 15 is 0 Å². The van der Waals surface area contributed by atoms with E-state index in [-0.39, 0.29) is 36.9 Å². The summed E-state index contributed by atoms with van der Waals surface area (Å²) in [4.78, 5) is 45.4. The van der Waals surface area contributed by atoms with Crippen molar-refractivity contribution in [2.75, 3.05) is 46.6 Å². The third-order valence-corrected chi connectivity index (χ3v) is 6.51. The third-order valence-electron chi connectivity index (χ3n) is 6.51. The Bertz CT molecular complexity index is 768. The molecule has 0 bridgehead atoms. The van der Waals surface area contributed by atoms with Crippen LogP contribution in [-0.4, -0.2) is 76.2 Å². The van der Waals surface area contributed by atoms with Crippen molar-refractivity contribution in [2.24, 2.45) is 27.7 Å². The number of ether oxygens (including phenoxy) is 4. The Hall–Kier alpha value is -2.65. The molecule has 1 amide bonds. The molecule has 10 heteroatoms. The molecule has 190 valence electrons. The van der Waals surface area contributed by atoms with Gasteiger partial charge in [0, 0.05) is 18.8 Å². The highest BCUT2D eigenvalue weighted by molar-refractivity contribution is 5.83. The van der Waals surface area contributed by atoms with Crippen LogP contribution >= 0.6 is 0 Å². The molecule has 2 heterocycles. The van der Waals surface area contributed by atoms with E-state index in [0.717, 1.165) is 50.4 Å². The minimum absolute atomic E-state index is 0.0855. The SMILES string of the molecule is COC(=O)C1CCCCC1C(=O)OCCNC(=O)CCCC(CCC1=NCCO1)C1=NCCO1. The summed E-state index contributed by atoms with van der Waals surface area (Å²) in [6.45, 7) is 3.01. The van der Waals surface area contributed by atoms with E-state index in [1.54, 1.807) is 0 Å². The average molecular weight is 480 g/mol. The monoisotopic (exact) mass is 479 g/mol. The summed E-state index contributed by atoms with van der Waals surface area (Å²) in [6, 6.07) is 0. The van der Waals surface area contributed by atoms with Gasteiger partial charge in [0.2, 0.25) is 5.91 Å². The molecule has 0 spiro atoms. The smallest absolute Gasteiger partial charge is 0.309 e. The molecule has 0 saturated heterocycles. The van der Waals surface area contributed by atoms with Crippen molar-refractivity contribution in [1.29, 1.82) is 0 Å². The van der Waals surface area contributed by atoms with Crippen LogP contribution in [0.25, 0.3) is 0 Å². The van der Waals surface area contributed by atoms with Gasteiger partial charge in [0.1, 0.15) is 19.8 Å². The van der Waals surface area contributed by atoms with Gasteiger partial charge in [0.25, 0.3) is 0 Å². The Kier molecular flexibility index (Phi) is 10.6. The van der Waals surface area contributed by atoms with Crippen LogP contribution in [0.4, 0.5) is 0 Å². The summed E-state index contributed by atoms with van der Waals surface area (Å²) in [7, 11) is 1.34. The zero-order valence-electron chi connectivity index (χ0n) is 20.1. The van der Waals surface area contributed by atoms with E-state index in [2.05, 4.69) is 15.3 Å². The van der Waals surface area contributed by atoms with E-state index < -0.39 is 11.8 Å². The second-order valence-electron chi connectivity index (χ2n) is 8.86. The molecular formula is C24H37N3O7. The Morgan fingerprint density at radius 1 is 1.03 bits per heavy atom. The first kappa shape index (κ1) is 26.0. The predicted octanol–water partition coefficient (Wildman–Crippen LogP) is 2.05. The summed E-state index contributed by atoms with van der Waals surface area (Å²) in [5.41, 5.74) is 0. The van der Waals surface area contributed by atoms with Crippen molar-refractivity contribution in [3.63, 3.8) is 0 Å². The lowest BCUT2D eigenvalue weighted by Crippen LogP contribution is -2.36. The zero-order valence-corrected chi connectivity index (χ0v) is 20.1. The molecule has 3 unspecified atom stereocenters. The first-order valence-electron chi connectivity index (χ1n) is 12.4. The highest BCUT2D eigenvalue weighted by atomic mass is 16.5. The molecule has 0 aromatic heterocycles. The predicted molar refractivity (Wildman–Crippen MR) is 125 cm³/mol. The Morgan fingerprint density at radius 3 is 2.44 bits per heavy atom. The number of carbonyl (C=O) groups is 3. The second kappa shape index (κ2) is 13.9. The zero-order chi connectivity index (χ0) is 24.2. The Morgan fingerprint density at radius 2 is 1.76 bits per heavy atom. The second-order valence-corrected chi connectivity index (χ2v) is 8.86. The number of hydrogen-bond acceptors (Lipinski definition) is 9. The quantitative estimate of drug-likeness (QED) is 0.317.